The van der Waals surface area contributed by atoms with E-state index in [2.05, 4.69) is 31.1 Å². The minimum absolute atomic E-state index is 0.519. The Labute approximate surface area is 76.5 Å². The minimum Gasteiger partial charge on any atom is -0.380 e. The molecular weight excluding hydrogens is 164 g/mol. The predicted molar refractivity (Wildman–Crippen MR) is 54.7 cm³/mol. The van der Waals surface area contributed by atoms with Gasteiger partial charge in [-0.3, -0.25) is 0 Å². The summed E-state index contributed by atoms with van der Waals surface area (Å²) in [5.41, 5.74) is 3.40. The van der Waals surface area contributed by atoms with Crippen LogP contribution in [0, 0.1) is 17.4 Å². The van der Waals surface area contributed by atoms with Crippen molar-refractivity contribution in [2.75, 3.05) is 13.2 Å². The van der Waals surface area contributed by atoms with Gasteiger partial charge in [0.05, 0.1) is 6.61 Å². The Balaban J connectivity index is 2.41. The fourth-order valence-corrected chi connectivity index (χ4v) is 1.81. The number of ether oxygens (including phenoxy) is 1. The van der Waals surface area contributed by atoms with Gasteiger partial charge < -0.3 is 4.74 Å². The van der Waals surface area contributed by atoms with E-state index in [4.69, 9.17) is 4.74 Å². The average Bonchev–Trinajstić information content (AvgIpc) is 2.02. The van der Waals surface area contributed by atoms with Crippen molar-refractivity contribution < 1.29 is 4.74 Å². The van der Waals surface area contributed by atoms with Crippen molar-refractivity contribution >= 4 is 8.07 Å². The van der Waals surface area contributed by atoms with Gasteiger partial charge >= 0.3 is 0 Å². The van der Waals surface area contributed by atoms with E-state index in [1.54, 1.807) is 0 Å². The van der Waals surface area contributed by atoms with Crippen molar-refractivity contribution in [2.24, 2.45) is 5.92 Å². The predicted octanol–water partition coefficient (Wildman–Crippen LogP) is 2.29. The molecule has 0 aliphatic carbocycles. The van der Waals surface area contributed by atoms with Crippen molar-refractivity contribution in [2.45, 2.75) is 32.5 Å². The van der Waals surface area contributed by atoms with Crippen molar-refractivity contribution in [3.63, 3.8) is 0 Å². The Kier molecular flexibility index (Phi) is 3.36. The Hall–Kier alpha value is -0.263. The lowest BCUT2D eigenvalue weighted by molar-refractivity contribution is 0.0740. The van der Waals surface area contributed by atoms with E-state index in [1.807, 2.05) is 0 Å². The molecule has 0 aromatic rings. The van der Waals surface area contributed by atoms with Crippen LogP contribution < -0.4 is 0 Å². The normalized spacial score (nSPS) is 24.4. The first-order valence-corrected chi connectivity index (χ1v) is 8.18. The Bertz CT molecular complexity index is 188. The van der Waals surface area contributed by atoms with Gasteiger partial charge in [0.1, 0.15) is 8.07 Å². The SMILES string of the molecule is C[Si](C)(C)C#CC1CCCOC1. The van der Waals surface area contributed by atoms with E-state index >= 15 is 0 Å². The van der Waals surface area contributed by atoms with Gasteiger partial charge in [-0.25, -0.2) is 0 Å². The topological polar surface area (TPSA) is 9.23 Å². The Morgan fingerprint density at radius 3 is 2.58 bits per heavy atom. The summed E-state index contributed by atoms with van der Waals surface area (Å²) in [7, 11) is -1.16. The molecule has 1 unspecified atom stereocenters. The maximum absolute atomic E-state index is 5.36. The number of hydrogen-bond acceptors (Lipinski definition) is 1. The maximum Gasteiger partial charge on any atom is 0.129 e. The molecule has 1 rings (SSSR count). The van der Waals surface area contributed by atoms with Crippen molar-refractivity contribution in [3.05, 3.63) is 0 Å². The molecule has 1 saturated heterocycles. The molecule has 0 radical (unpaired) electrons. The van der Waals surface area contributed by atoms with Crippen LogP contribution in [0.1, 0.15) is 12.8 Å². The van der Waals surface area contributed by atoms with Gasteiger partial charge in [-0.1, -0.05) is 19.6 Å². The molecule has 0 amide bonds. The summed E-state index contributed by atoms with van der Waals surface area (Å²) in [5, 5.41) is 0. The zero-order valence-corrected chi connectivity index (χ0v) is 9.31. The average molecular weight is 182 g/mol. The van der Waals surface area contributed by atoms with E-state index < -0.39 is 8.07 Å². The van der Waals surface area contributed by atoms with Gasteiger partial charge in [0, 0.05) is 12.5 Å². The van der Waals surface area contributed by atoms with Gasteiger partial charge in [0.2, 0.25) is 0 Å². The Morgan fingerprint density at radius 2 is 2.08 bits per heavy atom. The Morgan fingerprint density at radius 1 is 1.33 bits per heavy atom. The largest absolute Gasteiger partial charge is 0.380 e. The zero-order chi connectivity index (χ0) is 9.03. The second-order valence-corrected chi connectivity index (χ2v) is 9.18. The van der Waals surface area contributed by atoms with Crippen LogP contribution in [0.4, 0.5) is 0 Å². The van der Waals surface area contributed by atoms with Gasteiger partial charge in [-0.2, -0.15) is 0 Å². The molecule has 0 spiro atoms. The summed E-state index contributed by atoms with van der Waals surface area (Å²) < 4.78 is 5.36. The summed E-state index contributed by atoms with van der Waals surface area (Å²) in [6.45, 7) is 8.64. The van der Waals surface area contributed by atoms with Crippen LogP contribution in [-0.2, 0) is 4.74 Å². The third-order valence-corrected chi connectivity index (χ3v) is 2.71. The molecule has 1 fully saturated rings. The summed E-state index contributed by atoms with van der Waals surface area (Å²) in [6.07, 6.45) is 2.42. The monoisotopic (exact) mass is 182 g/mol. The molecule has 2 heteroatoms. The number of hydrogen-bond donors (Lipinski definition) is 0. The summed E-state index contributed by atoms with van der Waals surface area (Å²) in [6, 6.07) is 0. The summed E-state index contributed by atoms with van der Waals surface area (Å²) in [4.78, 5) is 0. The van der Waals surface area contributed by atoms with E-state index in [9.17, 15) is 0 Å². The fraction of sp³-hybridized carbons (Fsp3) is 0.800. The van der Waals surface area contributed by atoms with Crippen LogP contribution in [0.25, 0.3) is 0 Å². The molecule has 1 aliphatic heterocycles. The third-order valence-electron chi connectivity index (χ3n) is 1.81. The second-order valence-electron chi connectivity index (χ2n) is 4.43. The smallest absolute Gasteiger partial charge is 0.129 e. The first-order chi connectivity index (χ1) is 5.58. The summed E-state index contributed by atoms with van der Waals surface area (Å²) >= 11 is 0. The minimum atomic E-state index is -1.16. The van der Waals surface area contributed by atoms with Gasteiger partial charge in [-0.15, -0.1) is 11.5 Å². The van der Waals surface area contributed by atoms with E-state index in [1.165, 1.54) is 12.8 Å². The first kappa shape index (κ1) is 9.82. The van der Waals surface area contributed by atoms with Crippen molar-refractivity contribution in [1.82, 2.24) is 0 Å². The highest BCUT2D eigenvalue weighted by atomic mass is 28.3. The highest BCUT2D eigenvalue weighted by Gasteiger charge is 2.12. The molecule has 1 nitrogen and oxygen atoms in total. The summed E-state index contributed by atoms with van der Waals surface area (Å²) in [5.74, 6) is 3.87. The quantitative estimate of drug-likeness (QED) is 0.412. The highest BCUT2D eigenvalue weighted by molar-refractivity contribution is 6.83. The zero-order valence-electron chi connectivity index (χ0n) is 8.31. The standard InChI is InChI=1S/C10H18OSi/c1-12(2,3)8-6-10-5-4-7-11-9-10/h10H,4-5,7,9H2,1-3H3. The highest BCUT2D eigenvalue weighted by Crippen LogP contribution is 2.12. The third kappa shape index (κ3) is 3.94. The molecule has 0 bridgehead atoms. The van der Waals surface area contributed by atoms with Crippen LogP contribution in [0.5, 0.6) is 0 Å². The molecule has 1 atom stereocenters. The molecule has 0 aromatic carbocycles. The van der Waals surface area contributed by atoms with E-state index in [0.29, 0.717) is 5.92 Å². The van der Waals surface area contributed by atoms with Crippen LogP contribution in [0.2, 0.25) is 19.6 Å². The molecular formula is C10H18OSi. The van der Waals surface area contributed by atoms with Gasteiger partial charge in [0.25, 0.3) is 0 Å². The molecule has 12 heavy (non-hydrogen) atoms. The second kappa shape index (κ2) is 4.11. The van der Waals surface area contributed by atoms with Crippen molar-refractivity contribution in [1.29, 1.82) is 0 Å². The van der Waals surface area contributed by atoms with Gasteiger partial charge in [0.15, 0.2) is 0 Å². The van der Waals surface area contributed by atoms with Gasteiger partial charge in [-0.05, 0) is 12.8 Å². The molecule has 68 valence electrons. The number of rotatable bonds is 0. The molecule has 0 N–H and O–H groups in total. The van der Waals surface area contributed by atoms with Crippen molar-refractivity contribution in [3.8, 4) is 11.5 Å². The molecule has 1 aliphatic rings. The van der Waals surface area contributed by atoms with Crippen LogP contribution in [0.3, 0.4) is 0 Å². The first-order valence-electron chi connectivity index (χ1n) is 4.68. The van der Waals surface area contributed by atoms with E-state index in [-0.39, 0.29) is 0 Å². The lowest BCUT2D eigenvalue weighted by Gasteiger charge is -2.17. The molecule has 0 aromatic heterocycles. The lowest BCUT2D eigenvalue weighted by Crippen LogP contribution is -2.20. The van der Waals surface area contributed by atoms with Crippen LogP contribution in [0.15, 0.2) is 0 Å². The lowest BCUT2D eigenvalue weighted by atomic mass is 10.0. The van der Waals surface area contributed by atoms with Crippen LogP contribution in [-0.4, -0.2) is 21.3 Å². The van der Waals surface area contributed by atoms with E-state index in [0.717, 1.165) is 13.2 Å². The molecule has 0 saturated carbocycles. The fourth-order valence-electron chi connectivity index (χ4n) is 1.17. The maximum atomic E-state index is 5.36. The molecule has 1 heterocycles. The van der Waals surface area contributed by atoms with Crippen LogP contribution >= 0.6 is 0 Å².